The van der Waals surface area contributed by atoms with Crippen LogP contribution >= 0.6 is 0 Å². The number of benzene rings is 3. The molecule has 0 unspecified atom stereocenters. The number of hydrogen-bond donors (Lipinski definition) is 0. The first-order valence-electron chi connectivity index (χ1n) is 11.4. The Morgan fingerprint density at radius 1 is 0.657 bits per heavy atom. The molecule has 0 amide bonds. The number of aryl methyl sites for hydroxylation is 3. The van der Waals surface area contributed by atoms with Crippen LogP contribution in [0.2, 0.25) is 0 Å². The highest BCUT2D eigenvalue weighted by molar-refractivity contribution is 5.68. The molecular weight excluding hydrogens is 469 g/mol. The Hall–Kier alpha value is -3.09. The minimum Gasteiger partial charge on any atom is -0.206 e. The van der Waals surface area contributed by atoms with Crippen LogP contribution in [0.1, 0.15) is 48.4 Å². The van der Waals surface area contributed by atoms with Crippen LogP contribution in [0.15, 0.2) is 54.6 Å². The molecule has 186 valence electrons. The van der Waals surface area contributed by atoms with Crippen molar-refractivity contribution in [3.05, 3.63) is 100 Å². The van der Waals surface area contributed by atoms with Crippen LogP contribution in [0.4, 0.5) is 30.7 Å². The number of hydrogen-bond acceptors (Lipinski definition) is 0. The van der Waals surface area contributed by atoms with Gasteiger partial charge in [0.2, 0.25) is 0 Å². The summed E-state index contributed by atoms with van der Waals surface area (Å²) in [6.07, 6.45) is 0.527. The maximum Gasteiger partial charge on any atom is 0.409 e. The van der Waals surface area contributed by atoms with E-state index in [1.165, 1.54) is 12.0 Å². The quantitative estimate of drug-likeness (QED) is 0.206. The van der Waals surface area contributed by atoms with Gasteiger partial charge in [0.25, 0.3) is 0 Å². The number of allylic oxidation sites excluding steroid dienone is 1. The molecule has 0 spiro atoms. The van der Waals surface area contributed by atoms with Gasteiger partial charge in [0.1, 0.15) is 23.3 Å². The molecular formula is C28H25F7. The maximum atomic E-state index is 14.7. The van der Waals surface area contributed by atoms with Crippen molar-refractivity contribution < 1.29 is 30.7 Å². The van der Waals surface area contributed by atoms with Gasteiger partial charge in [0, 0.05) is 11.6 Å². The van der Waals surface area contributed by atoms with Crippen molar-refractivity contribution in [2.75, 3.05) is 0 Å². The SMILES string of the molecule is CCCCCc1ccc(CCc2cc(F)c(-c3cc(F)c(C=CC(F)(F)F)c(F)c3)c(F)c2)cc1. The molecule has 0 aromatic heterocycles. The highest BCUT2D eigenvalue weighted by Crippen LogP contribution is 2.31. The number of halogens is 7. The van der Waals surface area contributed by atoms with Crippen LogP contribution in [0.25, 0.3) is 17.2 Å². The second-order valence-electron chi connectivity index (χ2n) is 8.44. The zero-order valence-corrected chi connectivity index (χ0v) is 19.2. The average molecular weight is 494 g/mol. The fraction of sp³-hybridized carbons (Fsp3) is 0.286. The topological polar surface area (TPSA) is 0 Å². The van der Waals surface area contributed by atoms with E-state index in [4.69, 9.17) is 0 Å². The molecule has 0 aliphatic carbocycles. The third kappa shape index (κ3) is 7.44. The molecule has 7 heteroatoms. The van der Waals surface area contributed by atoms with Gasteiger partial charge in [-0.15, -0.1) is 0 Å². The summed E-state index contributed by atoms with van der Waals surface area (Å²) in [4.78, 5) is 0. The second kappa shape index (κ2) is 11.6. The van der Waals surface area contributed by atoms with E-state index in [1.54, 1.807) is 0 Å². The van der Waals surface area contributed by atoms with Crippen LogP contribution in [-0.2, 0) is 19.3 Å². The molecule has 0 saturated carbocycles. The summed E-state index contributed by atoms with van der Waals surface area (Å²) in [5.74, 6) is -4.74. The lowest BCUT2D eigenvalue weighted by Gasteiger charge is -2.11. The van der Waals surface area contributed by atoms with E-state index in [0.717, 1.165) is 37.0 Å². The Balaban J connectivity index is 1.75. The van der Waals surface area contributed by atoms with Gasteiger partial charge < -0.3 is 0 Å². The van der Waals surface area contributed by atoms with Gasteiger partial charge in [0.05, 0.1) is 5.56 Å². The number of unbranched alkanes of at least 4 members (excludes halogenated alkanes) is 2. The molecule has 0 saturated heterocycles. The van der Waals surface area contributed by atoms with Crippen LogP contribution in [-0.4, -0.2) is 6.18 Å². The molecule has 0 N–H and O–H groups in total. The molecule has 0 bridgehead atoms. The lowest BCUT2D eigenvalue weighted by molar-refractivity contribution is -0.0790. The fourth-order valence-corrected chi connectivity index (χ4v) is 3.85. The third-order valence-electron chi connectivity index (χ3n) is 5.70. The average Bonchev–Trinajstić information content (AvgIpc) is 2.77. The highest BCUT2D eigenvalue weighted by atomic mass is 19.4. The van der Waals surface area contributed by atoms with Gasteiger partial charge in [-0.25, -0.2) is 17.6 Å². The highest BCUT2D eigenvalue weighted by Gasteiger charge is 2.23. The van der Waals surface area contributed by atoms with E-state index < -0.39 is 46.1 Å². The lowest BCUT2D eigenvalue weighted by atomic mass is 9.97. The fourth-order valence-electron chi connectivity index (χ4n) is 3.85. The Morgan fingerprint density at radius 2 is 1.17 bits per heavy atom. The van der Waals surface area contributed by atoms with Crippen molar-refractivity contribution in [1.29, 1.82) is 0 Å². The lowest BCUT2D eigenvalue weighted by Crippen LogP contribution is -2.02. The standard InChI is InChI=1S/C28H25F7/c1-2-3-4-5-18-6-8-19(9-7-18)10-11-20-14-25(31)27(26(32)15-20)21-16-23(29)22(24(30)17-21)12-13-28(33,34)35/h6-9,12-17H,2-5,10-11H2,1H3. The smallest absolute Gasteiger partial charge is 0.206 e. The van der Waals surface area contributed by atoms with Crippen molar-refractivity contribution in [3.8, 4) is 11.1 Å². The van der Waals surface area contributed by atoms with Crippen LogP contribution in [0.5, 0.6) is 0 Å². The molecule has 0 aliphatic rings. The number of alkyl halides is 3. The molecule has 3 aromatic rings. The van der Waals surface area contributed by atoms with Crippen molar-refractivity contribution in [2.24, 2.45) is 0 Å². The van der Waals surface area contributed by atoms with Crippen molar-refractivity contribution >= 4 is 6.08 Å². The summed E-state index contributed by atoms with van der Waals surface area (Å²) in [6.45, 7) is 2.15. The zero-order valence-electron chi connectivity index (χ0n) is 19.2. The van der Waals surface area contributed by atoms with Crippen LogP contribution < -0.4 is 0 Å². The molecule has 0 nitrogen and oxygen atoms in total. The summed E-state index contributed by atoms with van der Waals surface area (Å²) < 4.78 is 94.9. The first-order chi connectivity index (χ1) is 16.6. The Kier molecular flexibility index (Phi) is 8.76. The first-order valence-corrected chi connectivity index (χ1v) is 11.4. The monoisotopic (exact) mass is 494 g/mol. The molecule has 0 atom stereocenters. The molecule has 0 fully saturated rings. The minimum absolute atomic E-state index is 0.238. The Labute approximate surface area is 200 Å². The van der Waals surface area contributed by atoms with Crippen molar-refractivity contribution in [3.63, 3.8) is 0 Å². The maximum absolute atomic E-state index is 14.7. The van der Waals surface area contributed by atoms with E-state index in [0.29, 0.717) is 30.5 Å². The molecule has 35 heavy (non-hydrogen) atoms. The first kappa shape index (κ1) is 26.5. The van der Waals surface area contributed by atoms with Gasteiger partial charge in [-0.05, 0) is 78.3 Å². The van der Waals surface area contributed by atoms with E-state index in [9.17, 15) is 30.7 Å². The van der Waals surface area contributed by atoms with E-state index >= 15 is 0 Å². The predicted octanol–water partition coefficient (Wildman–Crippen LogP) is 9.00. The summed E-state index contributed by atoms with van der Waals surface area (Å²) in [5, 5.41) is 0. The molecule has 0 aliphatic heterocycles. The van der Waals surface area contributed by atoms with E-state index in [1.807, 2.05) is 24.3 Å². The van der Waals surface area contributed by atoms with E-state index in [2.05, 4.69) is 6.92 Å². The predicted molar refractivity (Wildman–Crippen MR) is 124 cm³/mol. The van der Waals surface area contributed by atoms with Gasteiger partial charge >= 0.3 is 6.18 Å². The minimum atomic E-state index is -4.76. The molecule has 3 rings (SSSR count). The Bertz CT molecular complexity index is 1130. The van der Waals surface area contributed by atoms with Crippen molar-refractivity contribution in [2.45, 2.75) is 51.6 Å². The van der Waals surface area contributed by atoms with E-state index in [-0.39, 0.29) is 12.2 Å². The normalized spacial score (nSPS) is 12.0. The summed E-state index contributed by atoms with van der Waals surface area (Å²) in [6, 6.07) is 11.5. The summed E-state index contributed by atoms with van der Waals surface area (Å²) in [5.41, 5.74) is 0.601. The van der Waals surface area contributed by atoms with Gasteiger partial charge in [-0.3, -0.25) is 0 Å². The molecule has 0 heterocycles. The van der Waals surface area contributed by atoms with Crippen molar-refractivity contribution in [1.82, 2.24) is 0 Å². The van der Waals surface area contributed by atoms with Gasteiger partial charge in [0.15, 0.2) is 0 Å². The molecule has 0 radical (unpaired) electrons. The van der Waals surface area contributed by atoms with Crippen LogP contribution in [0.3, 0.4) is 0 Å². The summed E-state index contributed by atoms with van der Waals surface area (Å²) >= 11 is 0. The van der Waals surface area contributed by atoms with Gasteiger partial charge in [-0.2, -0.15) is 13.2 Å². The van der Waals surface area contributed by atoms with Crippen LogP contribution in [0, 0.1) is 23.3 Å². The summed E-state index contributed by atoms with van der Waals surface area (Å²) in [7, 11) is 0. The second-order valence-corrected chi connectivity index (χ2v) is 8.44. The zero-order chi connectivity index (χ0) is 25.6. The molecule has 3 aromatic carbocycles. The number of rotatable bonds is 9. The third-order valence-corrected chi connectivity index (χ3v) is 5.70. The van der Waals surface area contributed by atoms with Gasteiger partial charge in [-0.1, -0.05) is 44.0 Å². The largest absolute Gasteiger partial charge is 0.409 e. The Morgan fingerprint density at radius 3 is 1.69 bits per heavy atom.